The molecule has 2 amide bonds. The number of amides is 2. The molecule has 1 heterocycles. The predicted molar refractivity (Wildman–Crippen MR) is 51.0 cm³/mol. The molecule has 2 N–H and O–H groups in total. The van der Waals surface area contributed by atoms with Crippen molar-refractivity contribution in [2.45, 2.75) is 13.0 Å². The molecule has 0 radical (unpaired) electrons. The standard InChI is InChI=1S/C9H12N2O4/c1-6-9(15)10-4-5-11(6)7(12)2-3-8(13)14/h2-3,6H,4-5H2,1H3,(H,10,15)(H,13,14). The topological polar surface area (TPSA) is 86.7 Å². The van der Waals surface area contributed by atoms with Crippen LogP contribution in [0.25, 0.3) is 0 Å². The molecular formula is C9H12N2O4. The average Bonchev–Trinajstić information content (AvgIpc) is 2.18. The van der Waals surface area contributed by atoms with Crippen LogP contribution >= 0.6 is 0 Å². The second-order valence-corrected chi connectivity index (χ2v) is 3.17. The fraction of sp³-hybridized carbons (Fsp3) is 0.444. The first kappa shape index (κ1) is 11.2. The Morgan fingerprint density at radius 1 is 1.53 bits per heavy atom. The van der Waals surface area contributed by atoms with E-state index in [4.69, 9.17) is 5.11 Å². The Bertz CT molecular complexity index is 324. The van der Waals surface area contributed by atoms with Crippen molar-refractivity contribution in [2.75, 3.05) is 13.1 Å². The van der Waals surface area contributed by atoms with Crippen molar-refractivity contribution < 1.29 is 19.5 Å². The van der Waals surface area contributed by atoms with E-state index in [1.165, 1.54) is 4.90 Å². The Morgan fingerprint density at radius 3 is 2.80 bits per heavy atom. The minimum absolute atomic E-state index is 0.224. The second-order valence-electron chi connectivity index (χ2n) is 3.17. The van der Waals surface area contributed by atoms with E-state index in [2.05, 4.69) is 5.32 Å². The van der Waals surface area contributed by atoms with Gasteiger partial charge in [-0.15, -0.1) is 0 Å². The van der Waals surface area contributed by atoms with Crippen molar-refractivity contribution in [3.63, 3.8) is 0 Å². The number of aliphatic carboxylic acids is 1. The van der Waals surface area contributed by atoms with Crippen LogP contribution in [-0.4, -0.2) is 46.9 Å². The van der Waals surface area contributed by atoms with E-state index in [1.807, 2.05) is 0 Å². The van der Waals surface area contributed by atoms with Crippen LogP contribution in [0.5, 0.6) is 0 Å². The van der Waals surface area contributed by atoms with Crippen molar-refractivity contribution >= 4 is 17.8 Å². The normalized spacial score (nSPS) is 21.5. The van der Waals surface area contributed by atoms with E-state index in [0.29, 0.717) is 13.1 Å². The van der Waals surface area contributed by atoms with Crippen LogP contribution in [0.2, 0.25) is 0 Å². The van der Waals surface area contributed by atoms with Crippen molar-refractivity contribution in [3.8, 4) is 0 Å². The third-order valence-electron chi connectivity index (χ3n) is 2.15. The van der Waals surface area contributed by atoms with E-state index in [-0.39, 0.29) is 5.91 Å². The van der Waals surface area contributed by atoms with Gasteiger partial charge >= 0.3 is 5.97 Å². The second kappa shape index (κ2) is 4.59. The molecular weight excluding hydrogens is 200 g/mol. The van der Waals surface area contributed by atoms with E-state index >= 15 is 0 Å². The lowest BCUT2D eigenvalue weighted by molar-refractivity contribution is -0.139. The molecule has 0 aromatic rings. The summed E-state index contributed by atoms with van der Waals surface area (Å²) >= 11 is 0. The summed E-state index contributed by atoms with van der Waals surface area (Å²) in [6.07, 6.45) is 1.72. The first-order valence-electron chi connectivity index (χ1n) is 4.51. The number of carboxylic acid groups (broad SMARTS) is 1. The monoisotopic (exact) mass is 212 g/mol. The zero-order chi connectivity index (χ0) is 11.4. The van der Waals surface area contributed by atoms with E-state index in [0.717, 1.165) is 12.2 Å². The lowest BCUT2D eigenvalue weighted by Crippen LogP contribution is -2.55. The number of carbonyl (C=O) groups is 3. The highest BCUT2D eigenvalue weighted by Gasteiger charge is 2.27. The van der Waals surface area contributed by atoms with Crippen LogP contribution < -0.4 is 5.32 Å². The molecule has 0 saturated carbocycles. The van der Waals surface area contributed by atoms with Crippen molar-refractivity contribution in [2.24, 2.45) is 0 Å². The summed E-state index contributed by atoms with van der Waals surface area (Å²) in [4.78, 5) is 34.2. The molecule has 1 atom stereocenters. The summed E-state index contributed by atoms with van der Waals surface area (Å²) in [5.41, 5.74) is 0. The number of hydrogen-bond acceptors (Lipinski definition) is 3. The Hall–Kier alpha value is -1.85. The minimum Gasteiger partial charge on any atom is -0.478 e. The number of piperazine rings is 1. The van der Waals surface area contributed by atoms with Crippen molar-refractivity contribution in [1.29, 1.82) is 0 Å². The van der Waals surface area contributed by atoms with Gasteiger partial charge in [-0.05, 0) is 6.92 Å². The fourth-order valence-electron chi connectivity index (χ4n) is 1.32. The van der Waals surface area contributed by atoms with Crippen molar-refractivity contribution in [3.05, 3.63) is 12.2 Å². The Labute approximate surface area is 86.6 Å². The maximum Gasteiger partial charge on any atom is 0.328 e. The van der Waals surface area contributed by atoms with Gasteiger partial charge in [-0.1, -0.05) is 0 Å². The summed E-state index contributed by atoms with van der Waals surface area (Å²) in [6, 6.07) is -0.551. The first-order valence-corrected chi connectivity index (χ1v) is 4.51. The molecule has 15 heavy (non-hydrogen) atoms. The zero-order valence-electron chi connectivity index (χ0n) is 8.27. The van der Waals surface area contributed by atoms with Gasteiger partial charge in [0.05, 0.1) is 0 Å². The van der Waals surface area contributed by atoms with Crippen LogP contribution in [0.4, 0.5) is 0 Å². The van der Waals surface area contributed by atoms with Gasteiger partial charge in [-0.25, -0.2) is 4.79 Å². The molecule has 1 rings (SSSR count). The zero-order valence-corrected chi connectivity index (χ0v) is 8.27. The molecule has 6 nitrogen and oxygen atoms in total. The summed E-state index contributed by atoms with van der Waals surface area (Å²) in [5.74, 6) is -1.87. The molecule has 1 aliphatic heterocycles. The number of carbonyl (C=O) groups excluding carboxylic acids is 2. The number of nitrogens with one attached hydrogen (secondary N) is 1. The molecule has 0 spiro atoms. The number of hydrogen-bond donors (Lipinski definition) is 2. The Balaban J connectivity index is 2.66. The summed E-state index contributed by atoms with van der Waals surface area (Å²) in [5, 5.41) is 11.0. The van der Waals surface area contributed by atoms with Crippen LogP contribution in [0.15, 0.2) is 12.2 Å². The maximum atomic E-state index is 11.5. The van der Waals surface area contributed by atoms with Gasteiger partial charge < -0.3 is 15.3 Å². The average molecular weight is 212 g/mol. The summed E-state index contributed by atoms with van der Waals surface area (Å²) < 4.78 is 0. The van der Waals surface area contributed by atoms with Gasteiger partial charge in [0, 0.05) is 25.2 Å². The number of rotatable bonds is 2. The third kappa shape index (κ3) is 2.80. The molecule has 0 bridgehead atoms. The lowest BCUT2D eigenvalue weighted by atomic mass is 10.2. The quantitative estimate of drug-likeness (QED) is 0.573. The molecule has 0 aromatic heterocycles. The van der Waals surface area contributed by atoms with Gasteiger partial charge in [0.25, 0.3) is 0 Å². The fourth-order valence-corrected chi connectivity index (χ4v) is 1.32. The van der Waals surface area contributed by atoms with Crippen LogP contribution in [0.1, 0.15) is 6.92 Å². The van der Waals surface area contributed by atoms with Crippen LogP contribution in [-0.2, 0) is 14.4 Å². The maximum absolute atomic E-state index is 11.5. The summed E-state index contributed by atoms with van der Waals surface area (Å²) in [6.45, 7) is 2.40. The molecule has 82 valence electrons. The molecule has 1 unspecified atom stereocenters. The molecule has 1 fully saturated rings. The van der Waals surface area contributed by atoms with Gasteiger partial charge in [0.15, 0.2) is 0 Å². The largest absolute Gasteiger partial charge is 0.478 e. The number of nitrogens with zero attached hydrogens (tertiary/aromatic N) is 1. The van der Waals surface area contributed by atoms with Crippen LogP contribution in [0, 0.1) is 0 Å². The van der Waals surface area contributed by atoms with E-state index in [1.54, 1.807) is 6.92 Å². The summed E-state index contributed by atoms with van der Waals surface area (Å²) in [7, 11) is 0. The van der Waals surface area contributed by atoms with Crippen LogP contribution in [0.3, 0.4) is 0 Å². The van der Waals surface area contributed by atoms with Crippen molar-refractivity contribution in [1.82, 2.24) is 10.2 Å². The number of carboxylic acids is 1. The Kier molecular flexibility index (Phi) is 3.43. The highest BCUT2D eigenvalue weighted by atomic mass is 16.4. The third-order valence-corrected chi connectivity index (χ3v) is 2.15. The smallest absolute Gasteiger partial charge is 0.328 e. The molecule has 6 heteroatoms. The van der Waals surface area contributed by atoms with Gasteiger partial charge in [0.1, 0.15) is 6.04 Å². The SMILES string of the molecule is CC1C(=O)NCCN1C(=O)C=CC(=O)O. The Morgan fingerprint density at radius 2 is 2.20 bits per heavy atom. The lowest BCUT2D eigenvalue weighted by Gasteiger charge is -2.31. The van der Waals surface area contributed by atoms with Gasteiger partial charge in [0.2, 0.25) is 11.8 Å². The molecule has 0 aliphatic carbocycles. The predicted octanol–water partition coefficient (Wildman–Crippen LogP) is -1.03. The van der Waals surface area contributed by atoms with Gasteiger partial charge in [-0.3, -0.25) is 9.59 Å². The highest BCUT2D eigenvalue weighted by Crippen LogP contribution is 2.04. The van der Waals surface area contributed by atoms with E-state index < -0.39 is 17.9 Å². The minimum atomic E-state index is -1.18. The van der Waals surface area contributed by atoms with E-state index in [9.17, 15) is 14.4 Å². The first-order chi connectivity index (χ1) is 7.02. The molecule has 1 aliphatic rings. The molecule has 1 saturated heterocycles. The van der Waals surface area contributed by atoms with Gasteiger partial charge in [-0.2, -0.15) is 0 Å². The molecule has 0 aromatic carbocycles. The highest BCUT2D eigenvalue weighted by molar-refractivity contribution is 5.97.